The maximum absolute atomic E-state index is 13.1. The molecule has 2 rings (SSSR count). The first kappa shape index (κ1) is 19.5. The van der Waals surface area contributed by atoms with Gasteiger partial charge in [0.25, 0.3) is 0 Å². The molecule has 0 aromatic heterocycles. The molecule has 0 saturated carbocycles. The number of rotatable bonds is 6. The van der Waals surface area contributed by atoms with Crippen LogP contribution in [0.5, 0.6) is 0 Å². The highest BCUT2D eigenvalue weighted by molar-refractivity contribution is 7.89. The number of carbonyl (C=O) groups excluding carboxylic acids is 1. The van der Waals surface area contributed by atoms with Gasteiger partial charge < -0.3 is 5.32 Å². The third-order valence-electron chi connectivity index (χ3n) is 3.47. The molecule has 0 aliphatic heterocycles. The normalized spacial score (nSPS) is 11.2. The third kappa shape index (κ3) is 4.84. The second-order valence-electron chi connectivity index (χ2n) is 5.45. The Balaban J connectivity index is 1.99. The number of nitrogens with one attached hydrogen (secondary N) is 1. The number of sulfonamides is 1. The highest BCUT2D eigenvalue weighted by atomic mass is 32.2. The van der Waals surface area contributed by atoms with Crippen LogP contribution >= 0.6 is 0 Å². The molecule has 0 aliphatic carbocycles. The second-order valence-corrected chi connectivity index (χ2v) is 7.50. The number of hydrogen-bond acceptors (Lipinski definition) is 4. The molecule has 6 nitrogen and oxygen atoms in total. The number of nitrogens with zero attached hydrogens (tertiary/aromatic N) is 2. The van der Waals surface area contributed by atoms with E-state index in [4.69, 9.17) is 5.26 Å². The molecule has 0 fully saturated rings. The molecule has 0 spiro atoms. The number of hydrogen-bond donors (Lipinski definition) is 1. The van der Waals surface area contributed by atoms with Crippen molar-refractivity contribution >= 4 is 15.9 Å². The van der Waals surface area contributed by atoms with Crippen molar-refractivity contribution in [3.05, 3.63) is 65.2 Å². The van der Waals surface area contributed by atoms with Gasteiger partial charge in [0.15, 0.2) is 0 Å². The van der Waals surface area contributed by atoms with E-state index in [1.54, 1.807) is 0 Å². The molecule has 2 aromatic rings. The molecule has 0 bridgehead atoms. The number of likely N-dealkylation sites (N-methyl/N-ethyl adjacent to an activating group) is 1. The maximum Gasteiger partial charge on any atom is 0.243 e. The summed E-state index contributed by atoms with van der Waals surface area (Å²) in [5, 5.41) is 11.1. The lowest BCUT2D eigenvalue weighted by atomic mass is 10.2. The molecule has 0 saturated heterocycles. The lowest BCUT2D eigenvalue weighted by molar-refractivity contribution is -0.121. The van der Waals surface area contributed by atoms with Gasteiger partial charge in [-0.25, -0.2) is 17.2 Å². The molecule has 0 unspecified atom stereocenters. The minimum absolute atomic E-state index is 0.0565. The average molecular weight is 379 g/mol. The zero-order valence-corrected chi connectivity index (χ0v) is 14.6. The van der Waals surface area contributed by atoms with Gasteiger partial charge in [0.2, 0.25) is 15.9 Å². The van der Waals surface area contributed by atoms with Crippen molar-refractivity contribution in [3.63, 3.8) is 0 Å². The van der Waals surface area contributed by atoms with Crippen molar-refractivity contribution in [2.45, 2.75) is 11.4 Å². The van der Waals surface area contributed by atoms with Gasteiger partial charge in [-0.15, -0.1) is 0 Å². The summed E-state index contributed by atoms with van der Waals surface area (Å²) in [4.78, 5) is 11.9. The minimum atomic E-state index is -3.91. The van der Waals surface area contributed by atoms with E-state index < -0.39 is 34.1 Å². The summed E-state index contributed by atoms with van der Waals surface area (Å²) in [6, 6.07) is 10.0. The van der Waals surface area contributed by atoms with Crippen LogP contribution in [0.25, 0.3) is 0 Å². The molecule has 1 amide bonds. The van der Waals surface area contributed by atoms with E-state index in [2.05, 4.69) is 5.32 Å². The Labute approximate surface area is 149 Å². The molecule has 2 aromatic carbocycles. The fourth-order valence-electron chi connectivity index (χ4n) is 2.14. The largest absolute Gasteiger partial charge is 0.351 e. The SMILES string of the molecule is CN(CC(=O)NCc1cc(F)cc(F)c1)S(=O)(=O)c1ccc(C#N)cc1. The topological polar surface area (TPSA) is 90.3 Å². The first-order valence-corrected chi connectivity index (χ1v) is 8.84. The first-order valence-electron chi connectivity index (χ1n) is 7.40. The van der Waals surface area contributed by atoms with Gasteiger partial charge in [0.1, 0.15) is 11.6 Å². The highest BCUT2D eigenvalue weighted by Crippen LogP contribution is 2.15. The highest BCUT2D eigenvalue weighted by Gasteiger charge is 2.22. The Morgan fingerprint density at radius 1 is 1.15 bits per heavy atom. The van der Waals surface area contributed by atoms with E-state index in [1.807, 2.05) is 6.07 Å². The van der Waals surface area contributed by atoms with Crippen LogP contribution in [0.4, 0.5) is 8.78 Å². The Hall–Kier alpha value is -2.83. The van der Waals surface area contributed by atoms with Crippen molar-refractivity contribution in [3.8, 4) is 6.07 Å². The van der Waals surface area contributed by atoms with Gasteiger partial charge in [-0.2, -0.15) is 9.57 Å². The molecule has 0 atom stereocenters. The van der Waals surface area contributed by atoms with Crippen molar-refractivity contribution in [2.24, 2.45) is 0 Å². The number of benzene rings is 2. The van der Waals surface area contributed by atoms with Crippen LogP contribution in [0.1, 0.15) is 11.1 Å². The summed E-state index contributed by atoms with van der Waals surface area (Å²) in [6.45, 7) is -0.613. The van der Waals surface area contributed by atoms with Gasteiger partial charge in [0.05, 0.1) is 23.1 Å². The van der Waals surface area contributed by atoms with Crippen LogP contribution in [-0.2, 0) is 21.4 Å². The number of nitriles is 1. The quantitative estimate of drug-likeness (QED) is 0.828. The summed E-state index contributed by atoms with van der Waals surface area (Å²) < 4.78 is 51.8. The van der Waals surface area contributed by atoms with Crippen LogP contribution in [-0.4, -0.2) is 32.2 Å². The summed E-state index contributed by atoms with van der Waals surface area (Å²) in [5.41, 5.74) is 0.528. The van der Waals surface area contributed by atoms with Crippen molar-refractivity contribution in [2.75, 3.05) is 13.6 Å². The van der Waals surface area contributed by atoms with Gasteiger partial charge >= 0.3 is 0 Å². The second kappa shape index (κ2) is 8.03. The average Bonchev–Trinajstić information content (AvgIpc) is 2.59. The third-order valence-corrected chi connectivity index (χ3v) is 5.29. The van der Waals surface area contributed by atoms with Crippen LogP contribution in [0.2, 0.25) is 0 Å². The lowest BCUT2D eigenvalue weighted by Crippen LogP contribution is -2.38. The molecule has 26 heavy (non-hydrogen) atoms. The van der Waals surface area contributed by atoms with Gasteiger partial charge in [-0.3, -0.25) is 4.79 Å². The fourth-order valence-corrected chi connectivity index (χ4v) is 3.27. The molecule has 0 aliphatic rings. The van der Waals surface area contributed by atoms with Crippen LogP contribution in [0.3, 0.4) is 0 Å². The predicted molar refractivity (Wildman–Crippen MR) is 89.2 cm³/mol. The van der Waals surface area contributed by atoms with E-state index in [0.29, 0.717) is 11.6 Å². The summed E-state index contributed by atoms with van der Waals surface area (Å²) in [6.07, 6.45) is 0. The molecular weight excluding hydrogens is 364 g/mol. The van der Waals surface area contributed by atoms with Gasteiger partial charge in [-0.05, 0) is 42.0 Å². The number of carbonyl (C=O) groups is 1. The molecule has 0 heterocycles. The van der Waals surface area contributed by atoms with Crippen LogP contribution < -0.4 is 5.32 Å². The Kier molecular flexibility index (Phi) is 6.02. The summed E-state index contributed by atoms with van der Waals surface area (Å²) in [7, 11) is -2.68. The van der Waals surface area contributed by atoms with E-state index in [9.17, 15) is 22.0 Å². The summed E-state index contributed by atoms with van der Waals surface area (Å²) in [5.74, 6) is -2.17. The smallest absolute Gasteiger partial charge is 0.243 e. The summed E-state index contributed by atoms with van der Waals surface area (Å²) >= 11 is 0. The molecular formula is C17H15F2N3O3S. The van der Waals surface area contributed by atoms with Gasteiger partial charge in [-0.1, -0.05) is 0 Å². The molecule has 136 valence electrons. The maximum atomic E-state index is 13.1. The number of halogens is 2. The molecule has 9 heteroatoms. The van der Waals surface area contributed by atoms with Crippen LogP contribution in [0, 0.1) is 23.0 Å². The molecule has 0 radical (unpaired) electrons. The van der Waals surface area contributed by atoms with Crippen molar-refractivity contribution in [1.29, 1.82) is 5.26 Å². The first-order chi connectivity index (χ1) is 12.2. The van der Waals surface area contributed by atoms with Crippen molar-refractivity contribution < 1.29 is 22.0 Å². The fraction of sp³-hybridized carbons (Fsp3) is 0.176. The minimum Gasteiger partial charge on any atom is -0.351 e. The van der Waals surface area contributed by atoms with E-state index in [1.165, 1.54) is 31.3 Å². The van der Waals surface area contributed by atoms with E-state index >= 15 is 0 Å². The monoisotopic (exact) mass is 379 g/mol. The Morgan fingerprint density at radius 2 is 1.73 bits per heavy atom. The Bertz CT molecular complexity index is 934. The number of amides is 1. The zero-order valence-electron chi connectivity index (χ0n) is 13.7. The van der Waals surface area contributed by atoms with E-state index in [-0.39, 0.29) is 17.0 Å². The Morgan fingerprint density at radius 3 is 2.27 bits per heavy atom. The molecule has 1 N–H and O–H groups in total. The predicted octanol–water partition coefficient (Wildman–Crippen LogP) is 1.77. The van der Waals surface area contributed by atoms with Gasteiger partial charge in [0, 0.05) is 19.7 Å². The van der Waals surface area contributed by atoms with Crippen LogP contribution in [0.15, 0.2) is 47.4 Å². The standard InChI is InChI=1S/C17H15F2N3O3S/c1-22(26(24,25)16-4-2-12(9-20)3-5-16)11-17(23)21-10-13-6-14(18)8-15(19)7-13/h2-8H,10-11H2,1H3,(H,21,23). The lowest BCUT2D eigenvalue weighted by Gasteiger charge is -2.17. The zero-order chi connectivity index (χ0) is 19.3. The van der Waals surface area contributed by atoms with E-state index in [0.717, 1.165) is 16.4 Å². The van der Waals surface area contributed by atoms with Crippen molar-refractivity contribution in [1.82, 2.24) is 9.62 Å².